The van der Waals surface area contributed by atoms with Crippen LogP contribution in [0.15, 0.2) is 0 Å². The quantitative estimate of drug-likeness (QED) is 0.362. The SMILES string of the molecule is CCCC(CC)OC(=O)CCCCC(=O)OC(CC)CCC. The first-order valence-electron chi connectivity index (χ1n) is 8.96. The molecule has 0 aliphatic carbocycles. The Morgan fingerprint density at radius 1 is 0.727 bits per heavy atom. The Morgan fingerprint density at radius 3 is 1.36 bits per heavy atom. The summed E-state index contributed by atoms with van der Waals surface area (Å²) in [7, 11) is 0. The van der Waals surface area contributed by atoms with Gasteiger partial charge < -0.3 is 9.47 Å². The number of rotatable bonds is 13. The monoisotopic (exact) mass is 314 g/mol. The molecular weight excluding hydrogens is 280 g/mol. The number of unbranched alkanes of at least 4 members (excludes halogenated alkanes) is 1. The van der Waals surface area contributed by atoms with E-state index in [4.69, 9.17) is 9.47 Å². The van der Waals surface area contributed by atoms with Gasteiger partial charge in [0.05, 0.1) is 0 Å². The summed E-state index contributed by atoms with van der Waals surface area (Å²) in [6.07, 6.45) is 7.84. The molecule has 0 amide bonds. The van der Waals surface area contributed by atoms with Gasteiger partial charge in [-0.25, -0.2) is 0 Å². The van der Waals surface area contributed by atoms with Crippen molar-refractivity contribution in [3.8, 4) is 0 Å². The van der Waals surface area contributed by atoms with Gasteiger partial charge in [0.25, 0.3) is 0 Å². The van der Waals surface area contributed by atoms with Crippen LogP contribution in [0.1, 0.15) is 91.9 Å². The molecule has 0 saturated heterocycles. The van der Waals surface area contributed by atoms with E-state index >= 15 is 0 Å². The van der Waals surface area contributed by atoms with Gasteiger partial charge in [0, 0.05) is 12.8 Å². The molecule has 22 heavy (non-hydrogen) atoms. The van der Waals surface area contributed by atoms with Crippen molar-refractivity contribution in [3.63, 3.8) is 0 Å². The van der Waals surface area contributed by atoms with Crippen LogP contribution in [0, 0.1) is 0 Å². The fourth-order valence-electron chi connectivity index (χ4n) is 2.37. The van der Waals surface area contributed by atoms with Crippen LogP contribution in [0.5, 0.6) is 0 Å². The van der Waals surface area contributed by atoms with Crippen molar-refractivity contribution in [1.82, 2.24) is 0 Å². The molecule has 0 aromatic heterocycles. The van der Waals surface area contributed by atoms with E-state index in [1.54, 1.807) is 0 Å². The van der Waals surface area contributed by atoms with E-state index in [1.165, 1.54) is 0 Å². The Kier molecular flexibility index (Phi) is 12.9. The molecule has 130 valence electrons. The molecule has 4 nitrogen and oxygen atoms in total. The molecule has 0 saturated carbocycles. The van der Waals surface area contributed by atoms with Crippen LogP contribution in [0.2, 0.25) is 0 Å². The third-order valence-corrected chi connectivity index (χ3v) is 3.74. The molecule has 0 heterocycles. The first-order chi connectivity index (χ1) is 10.6. The Bertz CT molecular complexity index is 271. The lowest BCUT2D eigenvalue weighted by Crippen LogP contribution is -2.18. The molecule has 0 aliphatic rings. The molecule has 0 fully saturated rings. The number of hydrogen-bond donors (Lipinski definition) is 0. The molecule has 0 aliphatic heterocycles. The summed E-state index contributed by atoms with van der Waals surface area (Å²) in [5.41, 5.74) is 0. The molecule has 0 spiro atoms. The topological polar surface area (TPSA) is 52.6 Å². The smallest absolute Gasteiger partial charge is 0.306 e. The van der Waals surface area contributed by atoms with Gasteiger partial charge in [0.2, 0.25) is 0 Å². The van der Waals surface area contributed by atoms with E-state index in [9.17, 15) is 9.59 Å². The van der Waals surface area contributed by atoms with Crippen molar-refractivity contribution in [1.29, 1.82) is 0 Å². The maximum Gasteiger partial charge on any atom is 0.306 e. The zero-order chi connectivity index (χ0) is 16.8. The second-order valence-corrected chi connectivity index (χ2v) is 5.82. The maximum absolute atomic E-state index is 11.7. The fraction of sp³-hybridized carbons (Fsp3) is 0.889. The number of esters is 2. The zero-order valence-electron chi connectivity index (χ0n) is 14.9. The number of ether oxygens (including phenoxy) is 2. The predicted octanol–water partition coefficient (Wildman–Crippen LogP) is 4.79. The zero-order valence-corrected chi connectivity index (χ0v) is 14.9. The highest BCUT2D eigenvalue weighted by Gasteiger charge is 2.13. The van der Waals surface area contributed by atoms with Crippen molar-refractivity contribution >= 4 is 11.9 Å². The maximum atomic E-state index is 11.7. The standard InChI is InChI=1S/C18H34O4/c1-5-11-15(7-3)21-17(19)13-9-10-14-18(20)22-16(8-4)12-6-2/h15-16H,5-14H2,1-4H3. The van der Waals surface area contributed by atoms with Gasteiger partial charge in [0.1, 0.15) is 12.2 Å². The Hall–Kier alpha value is -1.06. The molecule has 0 bridgehead atoms. The Labute approximate surface area is 135 Å². The van der Waals surface area contributed by atoms with E-state index < -0.39 is 0 Å². The highest BCUT2D eigenvalue weighted by atomic mass is 16.5. The number of hydrogen-bond acceptors (Lipinski definition) is 4. The lowest BCUT2D eigenvalue weighted by Gasteiger charge is -2.16. The van der Waals surface area contributed by atoms with Crippen LogP contribution >= 0.6 is 0 Å². The van der Waals surface area contributed by atoms with Crippen LogP contribution in [0.4, 0.5) is 0 Å². The summed E-state index contributed by atoms with van der Waals surface area (Å²) in [6.45, 7) is 8.24. The summed E-state index contributed by atoms with van der Waals surface area (Å²) in [6, 6.07) is 0. The first-order valence-corrected chi connectivity index (χ1v) is 8.96. The van der Waals surface area contributed by atoms with Crippen LogP contribution < -0.4 is 0 Å². The van der Waals surface area contributed by atoms with Gasteiger partial charge in [-0.3, -0.25) is 9.59 Å². The third-order valence-electron chi connectivity index (χ3n) is 3.74. The Balaban J connectivity index is 3.78. The van der Waals surface area contributed by atoms with Crippen molar-refractivity contribution in [3.05, 3.63) is 0 Å². The molecule has 2 atom stereocenters. The molecule has 0 aromatic rings. The minimum Gasteiger partial charge on any atom is -0.462 e. The van der Waals surface area contributed by atoms with E-state index in [2.05, 4.69) is 13.8 Å². The van der Waals surface area contributed by atoms with Crippen molar-refractivity contribution in [2.45, 2.75) is 104 Å². The second kappa shape index (κ2) is 13.6. The van der Waals surface area contributed by atoms with Gasteiger partial charge in [-0.1, -0.05) is 40.5 Å². The summed E-state index contributed by atoms with van der Waals surface area (Å²) in [5, 5.41) is 0. The van der Waals surface area contributed by atoms with Gasteiger partial charge in [-0.15, -0.1) is 0 Å². The van der Waals surface area contributed by atoms with Crippen molar-refractivity contribution in [2.24, 2.45) is 0 Å². The van der Waals surface area contributed by atoms with E-state index in [1.807, 2.05) is 13.8 Å². The summed E-state index contributed by atoms with van der Waals surface area (Å²) < 4.78 is 10.8. The fourth-order valence-corrected chi connectivity index (χ4v) is 2.37. The van der Waals surface area contributed by atoms with Gasteiger partial charge in [0.15, 0.2) is 0 Å². The Morgan fingerprint density at radius 2 is 1.09 bits per heavy atom. The predicted molar refractivity (Wildman–Crippen MR) is 88.6 cm³/mol. The number of carbonyl (C=O) groups excluding carboxylic acids is 2. The summed E-state index contributed by atoms with van der Waals surface area (Å²) in [5.74, 6) is -0.294. The minimum atomic E-state index is -0.147. The van der Waals surface area contributed by atoms with Gasteiger partial charge in [-0.05, 0) is 38.5 Å². The first kappa shape index (κ1) is 20.9. The molecule has 0 radical (unpaired) electrons. The number of carbonyl (C=O) groups is 2. The highest BCUT2D eigenvalue weighted by molar-refractivity contribution is 5.70. The summed E-state index contributed by atoms with van der Waals surface area (Å²) in [4.78, 5) is 23.4. The molecule has 2 unspecified atom stereocenters. The third kappa shape index (κ3) is 10.6. The van der Waals surface area contributed by atoms with E-state index in [0.29, 0.717) is 25.7 Å². The highest BCUT2D eigenvalue weighted by Crippen LogP contribution is 2.12. The molecule has 0 N–H and O–H groups in total. The molecule has 4 heteroatoms. The minimum absolute atomic E-state index is 0.0434. The van der Waals surface area contributed by atoms with Gasteiger partial charge in [-0.2, -0.15) is 0 Å². The van der Waals surface area contributed by atoms with E-state index in [-0.39, 0.29) is 24.1 Å². The lowest BCUT2D eigenvalue weighted by molar-refractivity contribution is -0.152. The lowest BCUT2D eigenvalue weighted by atomic mass is 10.1. The second-order valence-electron chi connectivity index (χ2n) is 5.82. The average Bonchev–Trinajstić information content (AvgIpc) is 2.50. The van der Waals surface area contributed by atoms with Crippen LogP contribution in [0.3, 0.4) is 0 Å². The van der Waals surface area contributed by atoms with Crippen LogP contribution in [-0.4, -0.2) is 24.1 Å². The van der Waals surface area contributed by atoms with Crippen molar-refractivity contribution < 1.29 is 19.1 Å². The van der Waals surface area contributed by atoms with Crippen LogP contribution in [0.25, 0.3) is 0 Å². The summed E-state index contributed by atoms with van der Waals surface area (Å²) >= 11 is 0. The van der Waals surface area contributed by atoms with Crippen molar-refractivity contribution in [2.75, 3.05) is 0 Å². The van der Waals surface area contributed by atoms with E-state index in [0.717, 1.165) is 38.5 Å². The molecular formula is C18H34O4. The average molecular weight is 314 g/mol. The van der Waals surface area contributed by atoms with Crippen LogP contribution in [-0.2, 0) is 19.1 Å². The normalized spacial score (nSPS) is 13.5. The largest absolute Gasteiger partial charge is 0.462 e. The molecule has 0 rings (SSSR count). The van der Waals surface area contributed by atoms with Gasteiger partial charge >= 0.3 is 11.9 Å². The molecule has 0 aromatic carbocycles.